The third kappa shape index (κ3) is 6.21. The lowest BCUT2D eigenvalue weighted by Crippen LogP contribution is -2.35. The third-order valence-corrected chi connectivity index (χ3v) is 0.829. The van der Waals surface area contributed by atoms with Crippen molar-refractivity contribution in [2.24, 2.45) is 11.5 Å². The first kappa shape index (κ1) is 10.2. The Morgan fingerprint density at radius 3 is 1.14 bits per heavy atom. The predicted octanol–water partition coefficient (Wildman–Crippen LogP) is 0.103. The molecule has 0 amide bonds. The topological polar surface area (TPSA) is 52.0 Å². The minimum absolute atomic E-state index is 0. The Morgan fingerprint density at radius 1 is 1.00 bits per heavy atom. The molecule has 0 aromatic rings. The van der Waals surface area contributed by atoms with Crippen LogP contribution in [0.1, 0.15) is 13.8 Å². The third-order valence-electron chi connectivity index (χ3n) is 0.829. The maximum atomic E-state index is 5.31. The molecule has 0 bridgehead atoms. The van der Waals surface area contributed by atoms with Crippen LogP contribution >= 0.6 is 12.4 Å². The Bertz CT molecular complexity index is 30.7. The highest BCUT2D eigenvalue weighted by Gasteiger charge is 1.96. The Morgan fingerprint density at radius 2 is 1.14 bits per heavy atom. The van der Waals surface area contributed by atoms with Gasteiger partial charge in [-0.05, 0) is 13.8 Å². The quantitative estimate of drug-likeness (QED) is 0.521. The zero-order valence-corrected chi connectivity index (χ0v) is 5.53. The van der Waals surface area contributed by atoms with Crippen LogP contribution in [0.4, 0.5) is 0 Å². The van der Waals surface area contributed by atoms with E-state index in [0.29, 0.717) is 0 Å². The van der Waals surface area contributed by atoms with E-state index in [-0.39, 0.29) is 24.5 Å². The second-order valence-corrected chi connectivity index (χ2v) is 1.72. The minimum atomic E-state index is 0. The summed E-state index contributed by atoms with van der Waals surface area (Å²) in [6.45, 7) is 3.79. The van der Waals surface area contributed by atoms with Crippen molar-refractivity contribution >= 4 is 12.4 Å². The number of nitrogens with two attached hydrogens (primary N) is 2. The van der Waals surface area contributed by atoms with Gasteiger partial charge in [0.2, 0.25) is 0 Å². The van der Waals surface area contributed by atoms with Crippen molar-refractivity contribution in [2.75, 3.05) is 0 Å². The number of hydrogen-bond acceptors (Lipinski definition) is 2. The Hall–Kier alpha value is 0.210. The van der Waals surface area contributed by atoms with E-state index in [1.54, 1.807) is 0 Å². The lowest BCUT2D eigenvalue weighted by Gasteiger charge is -2.06. The van der Waals surface area contributed by atoms with Gasteiger partial charge in [-0.2, -0.15) is 0 Å². The van der Waals surface area contributed by atoms with E-state index in [1.165, 1.54) is 0 Å². The first-order valence-corrected chi connectivity index (χ1v) is 2.15. The first-order valence-electron chi connectivity index (χ1n) is 2.15. The maximum Gasteiger partial charge on any atom is 0.0160 e. The van der Waals surface area contributed by atoms with Crippen LogP contribution in [0.5, 0.6) is 0 Å². The van der Waals surface area contributed by atoms with Gasteiger partial charge in [-0.1, -0.05) is 0 Å². The van der Waals surface area contributed by atoms with Crippen molar-refractivity contribution in [3.8, 4) is 0 Å². The molecule has 0 aliphatic carbocycles. The fraction of sp³-hybridized carbons (Fsp3) is 1.00. The highest BCUT2D eigenvalue weighted by molar-refractivity contribution is 5.85. The van der Waals surface area contributed by atoms with Crippen molar-refractivity contribution < 1.29 is 0 Å². The number of rotatable bonds is 1. The van der Waals surface area contributed by atoms with Gasteiger partial charge in [-0.3, -0.25) is 0 Å². The van der Waals surface area contributed by atoms with Gasteiger partial charge in [-0.25, -0.2) is 0 Å². The molecule has 0 fully saturated rings. The van der Waals surface area contributed by atoms with Crippen LogP contribution in [-0.2, 0) is 0 Å². The van der Waals surface area contributed by atoms with Gasteiger partial charge in [0.15, 0.2) is 0 Å². The molecular formula is C4H13ClN2. The Kier molecular flexibility index (Phi) is 6.40. The summed E-state index contributed by atoms with van der Waals surface area (Å²) < 4.78 is 0. The molecule has 7 heavy (non-hydrogen) atoms. The minimum Gasteiger partial charge on any atom is -0.327 e. The lowest BCUT2D eigenvalue weighted by molar-refractivity contribution is 0.603. The van der Waals surface area contributed by atoms with E-state index >= 15 is 0 Å². The van der Waals surface area contributed by atoms with Gasteiger partial charge in [-0.15, -0.1) is 12.4 Å². The van der Waals surface area contributed by atoms with Crippen molar-refractivity contribution in [1.82, 2.24) is 0 Å². The van der Waals surface area contributed by atoms with E-state index in [9.17, 15) is 0 Å². The monoisotopic (exact) mass is 124 g/mol. The van der Waals surface area contributed by atoms with Crippen LogP contribution in [0, 0.1) is 0 Å². The van der Waals surface area contributed by atoms with Crippen LogP contribution in [0.25, 0.3) is 0 Å². The van der Waals surface area contributed by atoms with Gasteiger partial charge in [0.1, 0.15) is 0 Å². The Balaban J connectivity index is 0. The molecule has 2 nitrogen and oxygen atoms in total. The summed E-state index contributed by atoms with van der Waals surface area (Å²) in [6.07, 6.45) is 0. The molecule has 0 saturated heterocycles. The summed E-state index contributed by atoms with van der Waals surface area (Å²) >= 11 is 0. The van der Waals surface area contributed by atoms with Crippen LogP contribution in [0.15, 0.2) is 0 Å². The highest BCUT2D eigenvalue weighted by Crippen LogP contribution is 1.77. The summed E-state index contributed by atoms with van der Waals surface area (Å²) in [6, 6.07) is 0.259. The molecule has 0 heterocycles. The van der Waals surface area contributed by atoms with Gasteiger partial charge in [0.05, 0.1) is 0 Å². The van der Waals surface area contributed by atoms with E-state index in [0.717, 1.165) is 0 Å². The van der Waals surface area contributed by atoms with Crippen LogP contribution in [-0.4, -0.2) is 12.1 Å². The molecule has 2 unspecified atom stereocenters. The van der Waals surface area contributed by atoms with Gasteiger partial charge >= 0.3 is 0 Å². The SMILES string of the molecule is CC(N)C(C)N.Cl. The fourth-order valence-corrected chi connectivity index (χ4v) is 0. The standard InChI is InChI=1S/C4H12N2.ClH/c1-3(5)4(2)6;/h3-4H,5-6H2,1-2H3;1H. The van der Waals surface area contributed by atoms with Crippen molar-refractivity contribution in [3.05, 3.63) is 0 Å². The van der Waals surface area contributed by atoms with Crippen LogP contribution in [0.2, 0.25) is 0 Å². The van der Waals surface area contributed by atoms with Gasteiger partial charge < -0.3 is 11.5 Å². The molecule has 0 spiro atoms. The smallest absolute Gasteiger partial charge is 0.0160 e. The molecule has 0 saturated carbocycles. The molecule has 3 heteroatoms. The second-order valence-electron chi connectivity index (χ2n) is 1.72. The largest absolute Gasteiger partial charge is 0.327 e. The molecule has 0 aliphatic heterocycles. The van der Waals surface area contributed by atoms with Crippen molar-refractivity contribution in [3.63, 3.8) is 0 Å². The van der Waals surface area contributed by atoms with Crippen molar-refractivity contribution in [1.29, 1.82) is 0 Å². The molecular weight excluding hydrogens is 112 g/mol. The molecule has 0 rings (SSSR count). The zero-order chi connectivity index (χ0) is 5.15. The Labute approximate surface area is 50.7 Å². The molecule has 46 valence electrons. The molecule has 4 N–H and O–H groups in total. The normalized spacial score (nSPS) is 17.1. The lowest BCUT2D eigenvalue weighted by atomic mass is 10.2. The van der Waals surface area contributed by atoms with Crippen molar-refractivity contribution in [2.45, 2.75) is 25.9 Å². The van der Waals surface area contributed by atoms with E-state index < -0.39 is 0 Å². The van der Waals surface area contributed by atoms with Crippen LogP contribution < -0.4 is 11.5 Å². The average Bonchev–Trinajstić information content (AvgIpc) is 1.36. The van der Waals surface area contributed by atoms with Gasteiger partial charge in [0, 0.05) is 12.1 Å². The van der Waals surface area contributed by atoms with Crippen LogP contribution in [0.3, 0.4) is 0 Å². The van der Waals surface area contributed by atoms with Gasteiger partial charge in [0.25, 0.3) is 0 Å². The van der Waals surface area contributed by atoms with E-state index in [4.69, 9.17) is 11.5 Å². The molecule has 0 aromatic heterocycles. The molecule has 0 aliphatic rings. The zero-order valence-electron chi connectivity index (χ0n) is 4.72. The molecule has 0 aromatic carbocycles. The summed E-state index contributed by atoms with van der Waals surface area (Å²) in [7, 11) is 0. The predicted molar refractivity (Wildman–Crippen MR) is 34.5 cm³/mol. The second kappa shape index (κ2) is 4.37. The maximum absolute atomic E-state index is 5.31. The van der Waals surface area contributed by atoms with E-state index in [2.05, 4.69) is 0 Å². The van der Waals surface area contributed by atoms with E-state index in [1.807, 2.05) is 13.8 Å². The fourth-order valence-electron chi connectivity index (χ4n) is 0. The first-order chi connectivity index (χ1) is 2.64. The average molecular weight is 125 g/mol. The highest BCUT2D eigenvalue weighted by atomic mass is 35.5. The molecule has 0 radical (unpaired) electrons. The number of hydrogen-bond donors (Lipinski definition) is 2. The number of halogens is 1. The summed E-state index contributed by atoms with van der Waals surface area (Å²) in [4.78, 5) is 0. The summed E-state index contributed by atoms with van der Waals surface area (Å²) in [5.41, 5.74) is 10.6. The summed E-state index contributed by atoms with van der Waals surface area (Å²) in [5, 5.41) is 0. The molecule has 2 atom stereocenters. The summed E-state index contributed by atoms with van der Waals surface area (Å²) in [5.74, 6) is 0.